The molecule has 0 saturated carbocycles. The minimum atomic E-state index is -1.47. The fraction of sp³-hybridized carbons (Fsp3) is 0. The lowest BCUT2D eigenvalue weighted by atomic mass is 10.1. The summed E-state index contributed by atoms with van der Waals surface area (Å²) in [6.07, 6.45) is 0. The van der Waals surface area contributed by atoms with E-state index in [1.807, 2.05) is 0 Å². The molecule has 15 heteroatoms. The molecule has 2 aromatic rings. The molecule has 0 saturated heterocycles. The molecular weight excluding hydrogens is 943 g/mol. The molecule has 0 spiro atoms. The first-order chi connectivity index (χ1) is 14.2. The molecule has 2 aromatic carbocycles. The number of halogens is 8. The second-order valence-electron chi connectivity index (χ2n) is 5.30. The number of rotatable bonds is 4. The van der Waals surface area contributed by atoms with E-state index < -0.39 is 46.1 Å². The first-order valence-corrected chi connectivity index (χ1v) is 13.5. The van der Waals surface area contributed by atoms with Crippen molar-refractivity contribution < 1.29 is 34.1 Å². The van der Waals surface area contributed by atoms with Gasteiger partial charge in [-0.05, 0) is 127 Å². The Kier molecular flexibility index (Phi) is 9.56. The molecule has 0 aromatic heterocycles. The second kappa shape index (κ2) is 10.7. The summed E-state index contributed by atoms with van der Waals surface area (Å²) in [7, 11) is 0. The molecule has 0 unspecified atom stereocenters. The molecule has 0 aliphatic carbocycles. The van der Waals surface area contributed by atoms with Crippen LogP contribution in [0, 0.1) is 0 Å². The number of hydrogen-bond acceptors (Lipinski definition) is 5. The normalized spacial score (nSPS) is 10.7. The maximum Gasteiger partial charge on any atom is 0.348 e. The van der Waals surface area contributed by atoms with Gasteiger partial charge < -0.3 is 14.9 Å². The summed E-state index contributed by atoms with van der Waals surface area (Å²) in [4.78, 5) is 49.2. The summed E-state index contributed by atoms with van der Waals surface area (Å²) in [5.41, 5.74) is -1.89. The summed E-state index contributed by atoms with van der Waals surface area (Å²) >= 11 is 25.2. The minimum Gasteiger partial charge on any atom is -0.478 e. The summed E-state index contributed by atoms with van der Waals surface area (Å²) in [5.74, 6) is -5.58. The highest BCUT2D eigenvalue weighted by molar-refractivity contribution is 9.15. The Morgan fingerprint density at radius 2 is 0.677 bits per heavy atom. The predicted octanol–water partition coefficient (Wildman–Crippen LogP) is 8.18. The van der Waals surface area contributed by atoms with Gasteiger partial charge in [-0.1, -0.05) is 0 Å². The van der Waals surface area contributed by atoms with Crippen LogP contribution in [0.4, 0.5) is 0 Å². The molecule has 0 aliphatic heterocycles. The molecule has 0 bridgehead atoms. The number of carbonyl (C=O) groups is 4. The van der Waals surface area contributed by atoms with Crippen molar-refractivity contribution in [1.29, 1.82) is 0 Å². The van der Waals surface area contributed by atoms with E-state index in [4.69, 9.17) is 4.74 Å². The quantitative estimate of drug-likeness (QED) is 0.138. The van der Waals surface area contributed by atoms with Crippen LogP contribution >= 0.6 is 127 Å². The highest BCUT2D eigenvalue weighted by Gasteiger charge is 2.33. The Labute approximate surface area is 240 Å². The van der Waals surface area contributed by atoms with Crippen LogP contribution in [-0.2, 0) is 4.74 Å². The van der Waals surface area contributed by atoms with Gasteiger partial charge in [-0.2, -0.15) is 0 Å². The Balaban J connectivity index is 2.69. The van der Waals surface area contributed by atoms with Gasteiger partial charge in [0.25, 0.3) is 0 Å². The SMILES string of the molecule is O=C(O)c1c(Br)c(Br)c(Br)c(Br)c1C(=O)OC(=O)c1c(Br)c(Br)c(Br)c(Br)c1C(=O)O. The van der Waals surface area contributed by atoms with Crippen molar-refractivity contribution >= 4 is 151 Å². The third-order valence-corrected chi connectivity index (χ3v) is 13.1. The van der Waals surface area contributed by atoms with Crippen LogP contribution < -0.4 is 0 Å². The van der Waals surface area contributed by atoms with Crippen LogP contribution in [0.1, 0.15) is 41.4 Å². The van der Waals surface area contributed by atoms with Crippen molar-refractivity contribution in [2.24, 2.45) is 0 Å². The lowest BCUT2D eigenvalue weighted by Crippen LogP contribution is -2.20. The van der Waals surface area contributed by atoms with Gasteiger partial charge in [0, 0.05) is 35.8 Å². The van der Waals surface area contributed by atoms with Gasteiger partial charge >= 0.3 is 23.9 Å². The highest BCUT2D eigenvalue weighted by Crippen LogP contribution is 2.44. The van der Waals surface area contributed by atoms with Crippen LogP contribution in [0.5, 0.6) is 0 Å². The van der Waals surface area contributed by atoms with Gasteiger partial charge in [-0.15, -0.1) is 0 Å². The number of carboxylic acid groups (broad SMARTS) is 2. The largest absolute Gasteiger partial charge is 0.478 e. The highest BCUT2D eigenvalue weighted by atomic mass is 79.9. The van der Waals surface area contributed by atoms with E-state index in [0.29, 0.717) is 8.95 Å². The van der Waals surface area contributed by atoms with Gasteiger partial charge in [-0.25, -0.2) is 19.2 Å². The number of carboxylic acids is 2. The van der Waals surface area contributed by atoms with Crippen molar-refractivity contribution in [2.75, 3.05) is 0 Å². The molecule has 0 atom stereocenters. The molecule has 31 heavy (non-hydrogen) atoms. The number of aromatic carboxylic acids is 2. The van der Waals surface area contributed by atoms with Crippen molar-refractivity contribution in [3.8, 4) is 0 Å². The fourth-order valence-corrected chi connectivity index (χ4v) is 7.13. The molecule has 0 heterocycles. The van der Waals surface area contributed by atoms with E-state index >= 15 is 0 Å². The molecule has 2 rings (SSSR count). The molecule has 0 aliphatic rings. The van der Waals surface area contributed by atoms with E-state index in [0.717, 1.165) is 0 Å². The maximum atomic E-state index is 12.8. The minimum absolute atomic E-state index is 0.00784. The fourth-order valence-electron chi connectivity index (χ4n) is 2.23. The van der Waals surface area contributed by atoms with Gasteiger partial charge in [-0.3, -0.25) is 0 Å². The van der Waals surface area contributed by atoms with E-state index in [1.165, 1.54) is 0 Å². The molecule has 7 nitrogen and oxygen atoms in total. The first-order valence-electron chi connectivity index (χ1n) is 7.18. The molecular formula is C16H2Br8O7. The predicted molar refractivity (Wildman–Crippen MR) is 138 cm³/mol. The Morgan fingerprint density at radius 1 is 0.452 bits per heavy atom. The van der Waals surface area contributed by atoms with Crippen LogP contribution in [0.3, 0.4) is 0 Å². The monoisotopic (exact) mass is 937 g/mol. The first kappa shape index (κ1) is 27.6. The van der Waals surface area contributed by atoms with Crippen LogP contribution in [0.25, 0.3) is 0 Å². The molecule has 0 radical (unpaired) electrons. The zero-order chi connectivity index (χ0) is 23.9. The topological polar surface area (TPSA) is 118 Å². The second-order valence-corrected chi connectivity index (χ2v) is 11.6. The summed E-state index contributed by atoms with van der Waals surface area (Å²) in [5, 5.41) is 19.1. The number of ether oxygens (including phenoxy) is 1. The van der Waals surface area contributed by atoms with Crippen molar-refractivity contribution in [1.82, 2.24) is 0 Å². The number of benzene rings is 2. The van der Waals surface area contributed by atoms with E-state index in [-0.39, 0.29) is 26.8 Å². The third-order valence-electron chi connectivity index (χ3n) is 3.56. The average Bonchev–Trinajstić information content (AvgIpc) is 2.68. The van der Waals surface area contributed by atoms with Gasteiger partial charge in [0.1, 0.15) is 0 Å². The summed E-state index contributed by atoms with van der Waals surface area (Å²) in [6, 6.07) is 0. The molecule has 2 N–H and O–H groups in total. The van der Waals surface area contributed by atoms with Crippen LogP contribution in [-0.4, -0.2) is 34.1 Å². The van der Waals surface area contributed by atoms with E-state index in [2.05, 4.69) is 127 Å². The standard InChI is InChI=1S/C16H2Br8O7/c17-5-1(13(25)26)3(7(19)11(23)9(5)21)15(29)31-16(30)4-2(14(27)28)6(18)10(22)12(24)8(4)20/h(H,25,26)(H,27,28). The number of esters is 2. The smallest absolute Gasteiger partial charge is 0.348 e. The summed E-state index contributed by atoms with van der Waals surface area (Å²) < 4.78 is 6.12. The van der Waals surface area contributed by atoms with Crippen LogP contribution in [0.15, 0.2) is 35.8 Å². The van der Waals surface area contributed by atoms with Crippen molar-refractivity contribution in [3.05, 3.63) is 58.0 Å². The number of hydrogen-bond donors (Lipinski definition) is 2. The zero-order valence-electron chi connectivity index (χ0n) is 14.0. The zero-order valence-corrected chi connectivity index (χ0v) is 26.6. The maximum absolute atomic E-state index is 12.8. The van der Waals surface area contributed by atoms with Gasteiger partial charge in [0.2, 0.25) is 0 Å². The average molecular weight is 945 g/mol. The Hall–Kier alpha value is 0.360. The molecule has 0 fully saturated rings. The molecule has 0 amide bonds. The lowest BCUT2D eigenvalue weighted by molar-refractivity contribution is 0.0385. The number of carbonyl (C=O) groups excluding carboxylic acids is 2. The van der Waals surface area contributed by atoms with Crippen molar-refractivity contribution in [2.45, 2.75) is 0 Å². The summed E-state index contributed by atoms with van der Waals surface area (Å²) in [6.45, 7) is 0. The van der Waals surface area contributed by atoms with E-state index in [9.17, 15) is 29.4 Å². The van der Waals surface area contributed by atoms with E-state index in [1.54, 1.807) is 0 Å². The van der Waals surface area contributed by atoms with Crippen LogP contribution in [0.2, 0.25) is 0 Å². The van der Waals surface area contributed by atoms with Crippen molar-refractivity contribution in [3.63, 3.8) is 0 Å². The van der Waals surface area contributed by atoms with Gasteiger partial charge in [0.05, 0.1) is 22.3 Å². The Morgan fingerprint density at radius 3 is 0.903 bits per heavy atom. The lowest BCUT2D eigenvalue weighted by Gasteiger charge is -2.16. The van der Waals surface area contributed by atoms with Gasteiger partial charge in [0.15, 0.2) is 0 Å². The Bertz CT molecular complexity index is 1100. The molecule has 164 valence electrons. The third kappa shape index (κ3) is 5.23.